The van der Waals surface area contributed by atoms with Crippen molar-refractivity contribution in [3.63, 3.8) is 0 Å². The zero-order valence-electron chi connectivity index (χ0n) is 17.1. The van der Waals surface area contributed by atoms with Crippen molar-refractivity contribution >= 4 is 11.6 Å². The minimum Gasteiger partial charge on any atom is -0.487 e. The predicted molar refractivity (Wildman–Crippen MR) is 116 cm³/mol. The van der Waals surface area contributed by atoms with E-state index in [9.17, 15) is 4.79 Å². The highest BCUT2D eigenvalue weighted by Crippen LogP contribution is 2.25. The number of carbonyl (C=O) groups excluding carboxylic acids is 1. The van der Waals surface area contributed by atoms with Crippen LogP contribution >= 0.6 is 0 Å². The molecule has 1 N–H and O–H groups in total. The number of para-hydroxylation sites is 2. The van der Waals surface area contributed by atoms with E-state index in [0.717, 1.165) is 5.56 Å². The second-order valence-corrected chi connectivity index (χ2v) is 7.24. The van der Waals surface area contributed by atoms with Gasteiger partial charge in [0, 0.05) is 0 Å². The fourth-order valence-electron chi connectivity index (χ4n) is 2.85. The van der Waals surface area contributed by atoms with Gasteiger partial charge in [-0.3, -0.25) is 4.79 Å². The van der Waals surface area contributed by atoms with Crippen molar-refractivity contribution in [2.45, 2.75) is 39.4 Å². The minimum atomic E-state index is -0.637. The first-order valence-electron chi connectivity index (χ1n) is 9.86. The number of ether oxygens (including phenoxy) is 2. The molecule has 0 heterocycles. The number of amides is 1. The smallest absolute Gasteiger partial charge is 0.265 e. The molecule has 1 amide bonds. The highest BCUT2D eigenvalue weighted by Gasteiger charge is 2.17. The molecule has 3 rings (SSSR count). The second kappa shape index (κ2) is 9.78. The third-order valence-corrected chi connectivity index (χ3v) is 4.61. The molecule has 0 aromatic heterocycles. The molecule has 150 valence electrons. The Bertz CT molecular complexity index is 920. The Hall–Kier alpha value is -3.27. The van der Waals surface area contributed by atoms with E-state index in [-0.39, 0.29) is 5.91 Å². The van der Waals surface area contributed by atoms with Crippen molar-refractivity contribution < 1.29 is 14.3 Å². The SMILES string of the molecule is CC(Oc1ccc(C(C)C)cc1)C(=O)Nc1ccccc1OCc1ccccc1. The lowest BCUT2D eigenvalue weighted by molar-refractivity contribution is -0.122. The fourth-order valence-corrected chi connectivity index (χ4v) is 2.85. The molecule has 0 saturated heterocycles. The van der Waals surface area contributed by atoms with Crippen LogP contribution in [0.25, 0.3) is 0 Å². The summed E-state index contributed by atoms with van der Waals surface area (Å²) in [6.45, 7) is 6.45. The number of hydrogen-bond donors (Lipinski definition) is 1. The van der Waals surface area contributed by atoms with Gasteiger partial charge in [0.05, 0.1) is 5.69 Å². The van der Waals surface area contributed by atoms with Crippen LogP contribution in [0.2, 0.25) is 0 Å². The van der Waals surface area contributed by atoms with Gasteiger partial charge in [0.15, 0.2) is 6.10 Å². The minimum absolute atomic E-state index is 0.228. The summed E-state index contributed by atoms with van der Waals surface area (Å²) >= 11 is 0. The molecule has 4 heteroatoms. The summed E-state index contributed by atoms with van der Waals surface area (Å²) in [6.07, 6.45) is -0.637. The normalized spacial score (nSPS) is 11.7. The van der Waals surface area contributed by atoms with E-state index in [1.165, 1.54) is 5.56 Å². The fraction of sp³-hybridized carbons (Fsp3) is 0.240. The summed E-state index contributed by atoms with van der Waals surface area (Å²) in [6, 6.07) is 25.2. The maximum Gasteiger partial charge on any atom is 0.265 e. The van der Waals surface area contributed by atoms with Crippen LogP contribution in [0.1, 0.15) is 37.8 Å². The van der Waals surface area contributed by atoms with E-state index in [1.807, 2.05) is 78.9 Å². The largest absolute Gasteiger partial charge is 0.487 e. The standard InChI is InChI=1S/C25H27NO3/c1-18(2)21-13-15-22(16-14-21)29-19(3)25(27)26-23-11-7-8-12-24(23)28-17-20-9-5-4-6-10-20/h4-16,18-19H,17H2,1-3H3,(H,26,27). The number of hydrogen-bond acceptors (Lipinski definition) is 3. The summed E-state index contributed by atoms with van der Waals surface area (Å²) < 4.78 is 11.7. The topological polar surface area (TPSA) is 47.6 Å². The van der Waals surface area contributed by atoms with Gasteiger partial charge in [0.25, 0.3) is 5.91 Å². The quantitative estimate of drug-likeness (QED) is 0.530. The zero-order chi connectivity index (χ0) is 20.6. The molecular weight excluding hydrogens is 362 g/mol. The average Bonchev–Trinajstić information content (AvgIpc) is 2.74. The molecule has 0 spiro atoms. The van der Waals surface area contributed by atoms with Crippen LogP contribution < -0.4 is 14.8 Å². The molecule has 4 nitrogen and oxygen atoms in total. The molecule has 29 heavy (non-hydrogen) atoms. The van der Waals surface area contributed by atoms with Crippen molar-refractivity contribution in [1.82, 2.24) is 0 Å². The molecule has 0 saturated carbocycles. The van der Waals surface area contributed by atoms with Crippen molar-refractivity contribution in [3.05, 3.63) is 90.0 Å². The average molecular weight is 389 g/mol. The Morgan fingerprint density at radius 3 is 2.21 bits per heavy atom. The number of nitrogens with one attached hydrogen (secondary N) is 1. The maximum absolute atomic E-state index is 12.6. The summed E-state index contributed by atoms with van der Waals surface area (Å²) in [5.41, 5.74) is 2.92. The van der Waals surface area contributed by atoms with Gasteiger partial charge in [0.1, 0.15) is 18.1 Å². The van der Waals surface area contributed by atoms with Crippen LogP contribution in [-0.2, 0) is 11.4 Å². The van der Waals surface area contributed by atoms with Gasteiger partial charge in [-0.1, -0.05) is 68.4 Å². The molecule has 3 aromatic carbocycles. The predicted octanol–water partition coefficient (Wildman–Crippen LogP) is 5.80. The molecular formula is C25H27NO3. The summed E-state index contributed by atoms with van der Waals surface area (Å²) in [5.74, 6) is 1.52. The van der Waals surface area contributed by atoms with Crippen LogP contribution in [0.5, 0.6) is 11.5 Å². The highest BCUT2D eigenvalue weighted by molar-refractivity contribution is 5.95. The molecule has 3 aromatic rings. The van der Waals surface area contributed by atoms with Crippen molar-refractivity contribution in [2.75, 3.05) is 5.32 Å². The van der Waals surface area contributed by atoms with Crippen LogP contribution in [0.4, 0.5) is 5.69 Å². The third kappa shape index (κ3) is 5.85. The lowest BCUT2D eigenvalue weighted by Gasteiger charge is -2.17. The van der Waals surface area contributed by atoms with Gasteiger partial charge < -0.3 is 14.8 Å². The Labute approximate surface area is 172 Å². The molecule has 0 bridgehead atoms. The molecule has 0 aliphatic carbocycles. The molecule has 0 radical (unpaired) electrons. The number of anilines is 1. The Morgan fingerprint density at radius 2 is 1.52 bits per heavy atom. The molecule has 1 unspecified atom stereocenters. The van der Waals surface area contributed by atoms with Gasteiger partial charge in [-0.15, -0.1) is 0 Å². The van der Waals surface area contributed by atoms with Crippen LogP contribution in [-0.4, -0.2) is 12.0 Å². The van der Waals surface area contributed by atoms with Crippen LogP contribution in [0.15, 0.2) is 78.9 Å². The summed E-state index contributed by atoms with van der Waals surface area (Å²) in [7, 11) is 0. The van der Waals surface area contributed by atoms with Crippen LogP contribution in [0, 0.1) is 0 Å². The number of benzene rings is 3. The lowest BCUT2D eigenvalue weighted by atomic mass is 10.0. The first kappa shape index (κ1) is 20.5. The second-order valence-electron chi connectivity index (χ2n) is 7.24. The van der Waals surface area contributed by atoms with Crippen LogP contribution in [0.3, 0.4) is 0 Å². The van der Waals surface area contributed by atoms with Crippen molar-refractivity contribution in [2.24, 2.45) is 0 Å². The maximum atomic E-state index is 12.6. The van der Waals surface area contributed by atoms with Gasteiger partial charge >= 0.3 is 0 Å². The third-order valence-electron chi connectivity index (χ3n) is 4.61. The lowest BCUT2D eigenvalue weighted by Crippen LogP contribution is -2.30. The van der Waals surface area contributed by atoms with E-state index in [0.29, 0.717) is 29.7 Å². The van der Waals surface area contributed by atoms with E-state index < -0.39 is 6.10 Å². The zero-order valence-corrected chi connectivity index (χ0v) is 17.1. The van der Waals surface area contributed by atoms with Gasteiger partial charge in [-0.2, -0.15) is 0 Å². The number of carbonyl (C=O) groups is 1. The van der Waals surface area contributed by atoms with Gasteiger partial charge in [-0.05, 0) is 48.2 Å². The van der Waals surface area contributed by atoms with E-state index in [1.54, 1.807) is 6.92 Å². The Balaban J connectivity index is 1.60. The van der Waals surface area contributed by atoms with Gasteiger partial charge in [0.2, 0.25) is 0 Å². The summed E-state index contributed by atoms with van der Waals surface area (Å²) in [5, 5.41) is 2.91. The molecule has 0 fully saturated rings. The number of rotatable bonds is 8. The molecule has 0 aliphatic heterocycles. The van der Waals surface area contributed by atoms with Crippen molar-refractivity contribution in [1.29, 1.82) is 0 Å². The van der Waals surface area contributed by atoms with Crippen molar-refractivity contribution in [3.8, 4) is 11.5 Å². The van der Waals surface area contributed by atoms with E-state index in [4.69, 9.17) is 9.47 Å². The Kier molecular flexibility index (Phi) is 6.90. The first-order chi connectivity index (χ1) is 14.0. The Morgan fingerprint density at radius 1 is 0.862 bits per heavy atom. The highest BCUT2D eigenvalue weighted by atomic mass is 16.5. The van der Waals surface area contributed by atoms with Gasteiger partial charge in [-0.25, -0.2) is 0 Å². The molecule has 0 aliphatic rings. The summed E-state index contributed by atoms with van der Waals surface area (Å²) in [4.78, 5) is 12.6. The van der Waals surface area contributed by atoms with E-state index >= 15 is 0 Å². The first-order valence-corrected chi connectivity index (χ1v) is 9.86. The van der Waals surface area contributed by atoms with E-state index in [2.05, 4.69) is 19.2 Å². The molecule has 1 atom stereocenters. The monoisotopic (exact) mass is 389 g/mol.